The summed E-state index contributed by atoms with van der Waals surface area (Å²) < 4.78 is 0. The van der Waals surface area contributed by atoms with Gasteiger partial charge in [-0.05, 0) is 33.4 Å². The Hall–Kier alpha value is -0.870. The predicted octanol–water partition coefficient (Wildman–Crippen LogP) is 0.964. The Morgan fingerprint density at radius 2 is 2.00 bits per heavy atom. The van der Waals surface area contributed by atoms with E-state index in [9.17, 15) is 9.90 Å². The first kappa shape index (κ1) is 14.1. The molecule has 0 spiro atoms. The van der Waals surface area contributed by atoms with E-state index in [1.54, 1.807) is 14.1 Å². The van der Waals surface area contributed by atoms with Crippen molar-refractivity contribution in [2.45, 2.75) is 32.4 Å². The highest BCUT2D eigenvalue weighted by Crippen LogP contribution is 2.15. The van der Waals surface area contributed by atoms with Gasteiger partial charge in [0.15, 0.2) is 0 Å². The maximum absolute atomic E-state index is 10.9. The molecule has 2 N–H and O–H groups in total. The van der Waals surface area contributed by atoms with Crippen molar-refractivity contribution in [3.05, 3.63) is 12.2 Å². The van der Waals surface area contributed by atoms with Gasteiger partial charge in [0.25, 0.3) is 0 Å². The van der Waals surface area contributed by atoms with Gasteiger partial charge in [0, 0.05) is 0 Å². The van der Waals surface area contributed by atoms with Crippen LogP contribution in [0.3, 0.4) is 0 Å². The minimum Gasteiger partial charge on any atom is -0.480 e. The summed E-state index contributed by atoms with van der Waals surface area (Å²) in [6.07, 6.45) is 3.67. The van der Waals surface area contributed by atoms with Crippen molar-refractivity contribution in [2.24, 2.45) is 5.92 Å². The van der Waals surface area contributed by atoms with Crippen LogP contribution in [0, 0.1) is 5.92 Å². The Morgan fingerprint density at radius 1 is 1.47 bits per heavy atom. The fourth-order valence-electron chi connectivity index (χ4n) is 1.47. The van der Waals surface area contributed by atoms with Crippen molar-refractivity contribution < 1.29 is 15.0 Å². The SMILES string of the molecule is CC=CCC(C)C(O)C(C(=O)O)N(C)C. The molecule has 0 aliphatic rings. The number of hydrogen-bond acceptors (Lipinski definition) is 3. The quantitative estimate of drug-likeness (QED) is 0.648. The number of aliphatic carboxylic acids is 1. The van der Waals surface area contributed by atoms with E-state index in [1.165, 1.54) is 4.90 Å². The first-order valence-corrected chi connectivity index (χ1v) is 5.10. The number of allylic oxidation sites excluding steroid dienone is 2. The van der Waals surface area contributed by atoms with Gasteiger partial charge in [0.05, 0.1) is 6.10 Å². The van der Waals surface area contributed by atoms with Gasteiger partial charge in [-0.2, -0.15) is 0 Å². The van der Waals surface area contributed by atoms with Gasteiger partial charge in [0.2, 0.25) is 0 Å². The molecule has 0 amide bonds. The lowest BCUT2D eigenvalue weighted by Gasteiger charge is -2.28. The fraction of sp³-hybridized carbons (Fsp3) is 0.727. The minimum absolute atomic E-state index is 0.0651. The lowest BCUT2D eigenvalue weighted by atomic mass is 9.94. The molecule has 88 valence electrons. The van der Waals surface area contributed by atoms with Crippen LogP contribution in [-0.2, 0) is 4.79 Å². The van der Waals surface area contributed by atoms with E-state index in [1.807, 2.05) is 26.0 Å². The molecule has 0 saturated carbocycles. The molecular weight excluding hydrogens is 194 g/mol. The lowest BCUT2D eigenvalue weighted by Crippen LogP contribution is -2.47. The van der Waals surface area contributed by atoms with Gasteiger partial charge in [-0.15, -0.1) is 0 Å². The Balaban J connectivity index is 4.48. The van der Waals surface area contributed by atoms with Crippen LogP contribution in [0.25, 0.3) is 0 Å². The first-order chi connectivity index (χ1) is 6.91. The molecule has 0 rings (SSSR count). The second-order valence-corrected chi connectivity index (χ2v) is 4.02. The Labute approximate surface area is 91.2 Å². The highest BCUT2D eigenvalue weighted by Gasteiger charge is 2.31. The Morgan fingerprint density at radius 3 is 2.33 bits per heavy atom. The molecule has 0 aromatic heterocycles. The summed E-state index contributed by atoms with van der Waals surface area (Å²) in [5.41, 5.74) is 0. The molecular formula is C11H21NO3. The van der Waals surface area contributed by atoms with Crippen molar-refractivity contribution in [3.63, 3.8) is 0 Å². The predicted molar refractivity (Wildman–Crippen MR) is 59.7 cm³/mol. The summed E-state index contributed by atoms with van der Waals surface area (Å²) in [7, 11) is 3.31. The summed E-state index contributed by atoms with van der Waals surface area (Å²) in [5.74, 6) is -1.05. The molecule has 0 saturated heterocycles. The van der Waals surface area contributed by atoms with Crippen molar-refractivity contribution in [1.82, 2.24) is 4.90 Å². The number of aliphatic hydroxyl groups excluding tert-OH is 1. The monoisotopic (exact) mass is 215 g/mol. The maximum atomic E-state index is 10.9. The van der Waals surface area contributed by atoms with E-state index in [2.05, 4.69) is 0 Å². The third kappa shape index (κ3) is 4.44. The number of aliphatic hydroxyl groups is 1. The zero-order valence-electron chi connectivity index (χ0n) is 9.84. The van der Waals surface area contributed by atoms with Gasteiger partial charge in [-0.3, -0.25) is 9.69 Å². The molecule has 3 atom stereocenters. The average molecular weight is 215 g/mol. The smallest absolute Gasteiger partial charge is 0.323 e. The number of nitrogens with zero attached hydrogens (tertiary/aromatic N) is 1. The van der Waals surface area contributed by atoms with E-state index in [0.29, 0.717) is 6.42 Å². The van der Waals surface area contributed by atoms with Crippen molar-refractivity contribution in [3.8, 4) is 0 Å². The van der Waals surface area contributed by atoms with Crippen molar-refractivity contribution in [2.75, 3.05) is 14.1 Å². The van der Waals surface area contributed by atoms with E-state index < -0.39 is 18.1 Å². The Bertz CT molecular complexity index is 226. The molecule has 0 bridgehead atoms. The van der Waals surface area contributed by atoms with Crippen LogP contribution in [0.4, 0.5) is 0 Å². The third-order valence-electron chi connectivity index (χ3n) is 2.46. The van der Waals surface area contributed by atoms with Crippen LogP contribution in [0.5, 0.6) is 0 Å². The maximum Gasteiger partial charge on any atom is 0.323 e. The molecule has 4 heteroatoms. The molecule has 3 unspecified atom stereocenters. The van der Waals surface area contributed by atoms with Gasteiger partial charge >= 0.3 is 5.97 Å². The summed E-state index contributed by atoms with van der Waals surface area (Å²) in [5, 5.41) is 18.9. The Kier molecular flexibility index (Phi) is 6.20. The standard InChI is InChI=1S/C11H21NO3/c1-5-6-7-8(2)10(13)9(11(14)15)12(3)4/h5-6,8-10,13H,7H2,1-4H3,(H,14,15). The molecule has 15 heavy (non-hydrogen) atoms. The average Bonchev–Trinajstić information content (AvgIpc) is 2.12. The molecule has 0 aliphatic heterocycles. The highest BCUT2D eigenvalue weighted by atomic mass is 16.4. The number of hydrogen-bond donors (Lipinski definition) is 2. The topological polar surface area (TPSA) is 60.8 Å². The third-order valence-corrected chi connectivity index (χ3v) is 2.46. The van der Waals surface area contributed by atoms with Gasteiger partial charge in [0.1, 0.15) is 6.04 Å². The summed E-state index contributed by atoms with van der Waals surface area (Å²) in [6.45, 7) is 3.75. The molecule has 0 fully saturated rings. The summed E-state index contributed by atoms with van der Waals surface area (Å²) in [6, 6.07) is -0.842. The van der Waals surface area contributed by atoms with Gasteiger partial charge in [-0.25, -0.2) is 0 Å². The second-order valence-electron chi connectivity index (χ2n) is 4.02. The van der Waals surface area contributed by atoms with E-state index in [4.69, 9.17) is 5.11 Å². The molecule has 4 nitrogen and oxygen atoms in total. The highest BCUT2D eigenvalue weighted by molar-refractivity contribution is 5.74. The minimum atomic E-state index is -0.986. The number of carboxylic acids is 1. The number of carbonyl (C=O) groups is 1. The lowest BCUT2D eigenvalue weighted by molar-refractivity contribution is -0.147. The van der Waals surface area contributed by atoms with E-state index >= 15 is 0 Å². The second kappa shape index (κ2) is 6.58. The molecule has 0 aliphatic carbocycles. The van der Waals surface area contributed by atoms with Crippen molar-refractivity contribution in [1.29, 1.82) is 0 Å². The van der Waals surface area contributed by atoms with Gasteiger partial charge in [-0.1, -0.05) is 19.1 Å². The van der Waals surface area contributed by atoms with Crippen LogP contribution in [0.1, 0.15) is 20.3 Å². The van der Waals surface area contributed by atoms with Crippen LogP contribution in [0.2, 0.25) is 0 Å². The van der Waals surface area contributed by atoms with Crippen molar-refractivity contribution >= 4 is 5.97 Å². The molecule has 0 heterocycles. The number of carboxylic acid groups (broad SMARTS) is 1. The number of likely N-dealkylation sites (N-methyl/N-ethyl adjacent to an activating group) is 1. The molecule has 0 aromatic rings. The summed E-state index contributed by atoms with van der Waals surface area (Å²) >= 11 is 0. The van der Waals surface area contributed by atoms with E-state index in [0.717, 1.165) is 0 Å². The molecule has 0 radical (unpaired) electrons. The first-order valence-electron chi connectivity index (χ1n) is 5.10. The largest absolute Gasteiger partial charge is 0.480 e. The van der Waals surface area contributed by atoms with Crippen LogP contribution < -0.4 is 0 Å². The zero-order chi connectivity index (χ0) is 12.0. The zero-order valence-corrected chi connectivity index (χ0v) is 9.84. The molecule has 0 aromatic carbocycles. The van der Waals surface area contributed by atoms with Crippen LogP contribution in [0.15, 0.2) is 12.2 Å². The fourth-order valence-corrected chi connectivity index (χ4v) is 1.47. The summed E-state index contributed by atoms with van der Waals surface area (Å²) in [4.78, 5) is 12.5. The van der Waals surface area contributed by atoms with E-state index in [-0.39, 0.29) is 5.92 Å². The number of rotatable bonds is 6. The van der Waals surface area contributed by atoms with Crippen LogP contribution >= 0.6 is 0 Å². The van der Waals surface area contributed by atoms with Crippen LogP contribution in [-0.4, -0.2) is 47.3 Å². The van der Waals surface area contributed by atoms with Gasteiger partial charge < -0.3 is 10.2 Å². The normalized spacial score (nSPS) is 18.0.